The third kappa shape index (κ3) is 3.32. The zero-order valence-electron chi connectivity index (χ0n) is 14.8. The Morgan fingerprint density at radius 2 is 2.04 bits per heavy atom. The van der Waals surface area contributed by atoms with E-state index in [4.69, 9.17) is 0 Å². The molecule has 0 aliphatic carbocycles. The van der Waals surface area contributed by atoms with Gasteiger partial charge in [0.15, 0.2) is 0 Å². The summed E-state index contributed by atoms with van der Waals surface area (Å²) in [7, 11) is 0. The highest BCUT2D eigenvalue weighted by atomic mass is 16.4. The van der Waals surface area contributed by atoms with Crippen molar-refractivity contribution in [3.05, 3.63) is 65.9 Å². The van der Waals surface area contributed by atoms with E-state index >= 15 is 0 Å². The number of carboxylic acid groups (broad SMARTS) is 1. The van der Waals surface area contributed by atoms with Gasteiger partial charge in [0.2, 0.25) is 0 Å². The highest BCUT2D eigenvalue weighted by molar-refractivity contribution is 5.88. The van der Waals surface area contributed by atoms with E-state index in [1.54, 1.807) is 6.20 Å². The first-order chi connectivity index (χ1) is 13.2. The lowest BCUT2D eigenvalue weighted by molar-refractivity contribution is 0.134. The minimum atomic E-state index is -0.874. The van der Waals surface area contributed by atoms with Crippen LogP contribution in [0.5, 0.6) is 0 Å². The van der Waals surface area contributed by atoms with Crippen LogP contribution >= 0.6 is 0 Å². The molecule has 6 nitrogen and oxygen atoms in total. The van der Waals surface area contributed by atoms with Crippen molar-refractivity contribution in [2.45, 2.75) is 12.5 Å². The Bertz CT molecular complexity index is 1010. The van der Waals surface area contributed by atoms with Crippen LogP contribution in [0.2, 0.25) is 0 Å². The fourth-order valence-corrected chi connectivity index (χ4v) is 3.81. The summed E-state index contributed by atoms with van der Waals surface area (Å²) in [4.78, 5) is 18.4. The number of rotatable bonds is 3. The summed E-state index contributed by atoms with van der Waals surface area (Å²) in [5.74, 6) is 0. The number of fused-ring (bicyclic) bond motifs is 1. The summed E-state index contributed by atoms with van der Waals surface area (Å²) in [6, 6.07) is 18.4. The third-order valence-corrected chi connectivity index (χ3v) is 5.18. The van der Waals surface area contributed by atoms with Crippen molar-refractivity contribution in [2.75, 3.05) is 24.5 Å². The summed E-state index contributed by atoms with van der Waals surface area (Å²) in [5.41, 5.74) is 3.75. The number of aromatic nitrogens is 1. The molecule has 0 saturated carbocycles. The SMILES string of the molecule is N#Cc1c[nH]c2ccc(N3CCN(C(=O)O)CC3Cc3ccccc3)cc12. The maximum atomic E-state index is 11.5. The molecule has 6 heteroatoms. The van der Waals surface area contributed by atoms with Gasteiger partial charge in [-0.25, -0.2) is 4.79 Å². The predicted molar refractivity (Wildman–Crippen MR) is 104 cm³/mol. The van der Waals surface area contributed by atoms with Crippen molar-refractivity contribution in [2.24, 2.45) is 0 Å². The van der Waals surface area contributed by atoms with Crippen LogP contribution in [0.3, 0.4) is 0 Å². The highest BCUT2D eigenvalue weighted by Crippen LogP contribution is 2.28. The van der Waals surface area contributed by atoms with Gasteiger partial charge in [0.25, 0.3) is 0 Å². The van der Waals surface area contributed by atoms with Crippen LogP contribution in [0.25, 0.3) is 10.9 Å². The molecule has 1 atom stereocenters. The molecule has 1 amide bonds. The van der Waals surface area contributed by atoms with E-state index in [0.29, 0.717) is 25.2 Å². The van der Waals surface area contributed by atoms with Crippen LogP contribution in [0, 0.1) is 11.3 Å². The van der Waals surface area contributed by atoms with Crippen molar-refractivity contribution in [1.29, 1.82) is 5.26 Å². The van der Waals surface area contributed by atoms with Crippen molar-refractivity contribution >= 4 is 22.7 Å². The standard InChI is InChI=1S/C21H20N4O2/c22-12-16-13-23-20-7-6-17(11-19(16)20)25-9-8-24(21(26)27)14-18(25)10-15-4-2-1-3-5-15/h1-7,11,13,18,23H,8-10,14H2,(H,26,27). The van der Waals surface area contributed by atoms with E-state index in [2.05, 4.69) is 28.1 Å². The quantitative estimate of drug-likeness (QED) is 0.749. The number of amides is 1. The summed E-state index contributed by atoms with van der Waals surface area (Å²) < 4.78 is 0. The van der Waals surface area contributed by atoms with Gasteiger partial charge in [0.05, 0.1) is 11.6 Å². The van der Waals surface area contributed by atoms with E-state index in [1.807, 2.05) is 36.4 Å². The number of hydrogen-bond donors (Lipinski definition) is 2. The molecule has 27 heavy (non-hydrogen) atoms. The summed E-state index contributed by atoms with van der Waals surface area (Å²) in [6.45, 7) is 1.55. The summed E-state index contributed by atoms with van der Waals surface area (Å²) in [6.07, 6.45) is 1.61. The number of anilines is 1. The van der Waals surface area contributed by atoms with Gasteiger partial charge in [-0.2, -0.15) is 5.26 Å². The minimum Gasteiger partial charge on any atom is -0.465 e. The Morgan fingerprint density at radius 3 is 2.78 bits per heavy atom. The zero-order valence-corrected chi connectivity index (χ0v) is 14.8. The molecular weight excluding hydrogens is 340 g/mol. The molecule has 2 heterocycles. The maximum Gasteiger partial charge on any atom is 0.407 e. The Balaban J connectivity index is 1.68. The largest absolute Gasteiger partial charge is 0.465 e. The molecular formula is C21H20N4O2. The molecule has 0 bridgehead atoms. The smallest absolute Gasteiger partial charge is 0.407 e. The number of hydrogen-bond acceptors (Lipinski definition) is 3. The van der Waals surface area contributed by atoms with Crippen LogP contribution < -0.4 is 4.90 Å². The van der Waals surface area contributed by atoms with Crippen LogP contribution in [0.15, 0.2) is 54.7 Å². The first-order valence-corrected chi connectivity index (χ1v) is 8.95. The molecule has 1 aromatic heterocycles. The molecule has 0 spiro atoms. The van der Waals surface area contributed by atoms with Gasteiger partial charge in [0, 0.05) is 42.4 Å². The van der Waals surface area contributed by atoms with Gasteiger partial charge < -0.3 is 19.9 Å². The second-order valence-corrected chi connectivity index (χ2v) is 6.81. The maximum absolute atomic E-state index is 11.5. The van der Waals surface area contributed by atoms with E-state index in [9.17, 15) is 15.2 Å². The number of carbonyl (C=O) groups is 1. The third-order valence-electron chi connectivity index (χ3n) is 5.18. The molecule has 1 unspecified atom stereocenters. The second-order valence-electron chi connectivity index (χ2n) is 6.81. The van der Waals surface area contributed by atoms with Crippen LogP contribution in [0.1, 0.15) is 11.1 Å². The highest BCUT2D eigenvalue weighted by Gasteiger charge is 2.30. The second kappa shape index (κ2) is 7.04. The molecule has 1 fully saturated rings. The predicted octanol–water partition coefficient (Wildman–Crippen LogP) is 3.45. The van der Waals surface area contributed by atoms with Crippen molar-refractivity contribution in [3.8, 4) is 6.07 Å². The van der Waals surface area contributed by atoms with Gasteiger partial charge in [-0.1, -0.05) is 30.3 Å². The Kier molecular flexibility index (Phi) is 4.43. The Morgan fingerprint density at radius 1 is 1.22 bits per heavy atom. The first kappa shape index (κ1) is 17.0. The molecule has 1 saturated heterocycles. The summed E-state index contributed by atoms with van der Waals surface area (Å²) in [5, 5.41) is 19.6. The number of nitrogens with one attached hydrogen (secondary N) is 1. The molecule has 1 aliphatic rings. The molecule has 3 aromatic rings. The number of benzene rings is 2. The zero-order chi connectivity index (χ0) is 18.8. The molecule has 1 aliphatic heterocycles. The number of H-pyrrole nitrogens is 1. The van der Waals surface area contributed by atoms with Crippen molar-refractivity contribution < 1.29 is 9.90 Å². The fraction of sp³-hybridized carbons (Fsp3) is 0.238. The number of nitriles is 1. The average Bonchev–Trinajstić information content (AvgIpc) is 3.11. The number of aromatic amines is 1. The average molecular weight is 360 g/mol. The van der Waals surface area contributed by atoms with Gasteiger partial charge >= 0.3 is 6.09 Å². The first-order valence-electron chi connectivity index (χ1n) is 8.95. The lowest BCUT2D eigenvalue weighted by Crippen LogP contribution is -2.55. The van der Waals surface area contributed by atoms with Gasteiger partial charge in [-0.05, 0) is 30.2 Å². The molecule has 136 valence electrons. The number of piperazine rings is 1. The van der Waals surface area contributed by atoms with Crippen LogP contribution in [-0.4, -0.2) is 46.8 Å². The van der Waals surface area contributed by atoms with Gasteiger partial charge in [-0.3, -0.25) is 0 Å². The monoisotopic (exact) mass is 360 g/mol. The fourth-order valence-electron chi connectivity index (χ4n) is 3.81. The van der Waals surface area contributed by atoms with E-state index < -0.39 is 6.09 Å². The van der Waals surface area contributed by atoms with Crippen molar-refractivity contribution in [3.63, 3.8) is 0 Å². The minimum absolute atomic E-state index is 0.0409. The van der Waals surface area contributed by atoms with Crippen LogP contribution in [0.4, 0.5) is 10.5 Å². The molecule has 2 aromatic carbocycles. The van der Waals surface area contributed by atoms with E-state index in [1.165, 1.54) is 10.5 Å². The topological polar surface area (TPSA) is 83.4 Å². The van der Waals surface area contributed by atoms with E-state index in [0.717, 1.165) is 23.0 Å². The number of nitrogens with zero attached hydrogens (tertiary/aromatic N) is 3. The van der Waals surface area contributed by atoms with Crippen molar-refractivity contribution in [1.82, 2.24) is 9.88 Å². The van der Waals surface area contributed by atoms with E-state index in [-0.39, 0.29) is 6.04 Å². The normalized spacial score (nSPS) is 17.1. The lowest BCUT2D eigenvalue weighted by Gasteiger charge is -2.42. The Hall–Kier alpha value is -3.46. The molecule has 4 rings (SSSR count). The molecule has 0 radical (unpaired) electrons. The van der Waals surface area contributed by atoms with Crippen LogP contribution in [-0.2, 0) is 6.42 Å². The lowest BCUT2D eigenvalue weighted by atomic mass is 10.0. The Labute approximate surface area is 157 Å². The van der Waals surface area contributed by atoms with Gasteiger partial charge in [-0.15, -0.1) is 0 Å². The van der Waals surface area contributed by atoms with Gasteiger partial charge in [0.1, 0.15) is 6.07 Å². The molecule has 2 N–H and O–H groups in total. The summed E-state index contributed by atoms with van der Waals surface area (Å²) >= 11 is 0.